The number of nitrogens with one attached hydrogen (secondary N) is 2. The fourth-order valence-electron chi connectivity index (χ4n) is 8.60. The van der Waals surface area contributed by atoms with Crippen LogP contribution >= 0.6 is 0 Å². The van der Waals surface area contributed by atoms with Crippen molar-refractivity contribution in [3.05, 3.63) is 0 Å². The van der Waals surface area contributed by atoms with Gasteiger partial charge in [0.05, 0.1) is 24.8 Å². The fraction of sp³-hybridized carbons (Fsp3) is 0.914. The second-order valence-electron chi connectivity index (χ2n) is 15.5. The minimum Gasteiger partial charge on any atom is -0.350 e. The molecule has 0 aromatic carbocycles. The predicted molar refractivity (Wildman–Crippen MR) is 185 cm³/mol. The van der Waals surface area contributed by atoms with Gasteiger partial charge in [-0.1, -0.05) is 40.0 Å². The van der Waals surface area contributed by atoms with Crippen molar-refractivity contribution in [1.82, 2.24) is 25.3 Å². The largest absolute Gasteiger partial charge is 0.350 e. The lowest BCUT2D eigenvalue weighted by Gasteiger charge is -2.51. The zero-order chi connectivity index (χ0) is 34.4. The number of nitrogens with zero attached hydrogens (tertiary/aromatic N) is 4. The molecule has 0 saturated carbocycles. The summed E-state index contributed by atoms with van der Waals surface area (Å²) in [7, 11) is 2.10. The van der Waals surface area contributed by atoms with Crippen molar-refractivity contribution in [3.8, 4) is 0 Å². The first-order valence-electron chi connectivity index (χ1n) is 18.4. The molecule has 5 unspecified atom stereocenters. The van der Waals surface area contributed by atoms with Crippen LogP contribution in [0, 0.1) is 17.3 Å². The molecule has 6 N–H and O–H groups in total. The second kappa shape index (κ2) is 16.8. The number of likely N-dealkylation sites (N-methyl/N-ethyl adjacent to an activating group) is 1. The van der Waals surface area contributed by atoms with Crippen LogP contribution in [0.2, 0.25) is 0 Å². The Bertz CT molecular complexity index is 1070. The summed E-state index contributed by atoms with van der Waals surface area (Å²) in [6.45, 7) is 12.6. The highest BCUT2D eigenvalue weighted by Gasteiger charge is 2.51. The Kier molecular flexibility index (Phi) is 13.6. The highest BCUT2D eigenvalue weighted by atomic mass is 19.1. The van der Waals surface area contributed by atoms with Crippen molar-refractivity contribution in [2.45, 2.75) is 128 Å². The van der Waals surface area contributed by atoms with E-state index in [2.05, 4.69) is 60.2 Å². The molecular formula is C35H64F2N8O2. The van der Waals surface area contributed by atoms with Crippen molar-refractivity contribution in [2.75, 3.05) is 59.4 Å². The molecule has 4 aliphatic heterocycles. The van der Waals surface area contributed by atoms with E-state index in [1.807, 2.05) is 4.90 Å². The zero-order valence-corrected chi connectivity index (χ0v) is 29.8. The number of piperazine rings is 1. The molecule has 47 heavy (non-hydrogen) atoms. The van der Waals surface area contributed by atoms with Gasteiger partial charge in [-0.3, -0.25) is 19.5 Å². The lowest BCUT2D eigenvalue weighted by Crippen LogP contribution is -2.71. The third-order valence-corrected chi connectivity index (χ3v) is 11.6. The van der Waals surface area contributed by atoms with Crippen molar-refractivity contribution in [3.63, 3.8) is 0 Å². The SMILES string of the molecule is CCCCC1(F)CNCC(NC(=O)C(/C2=N/CC(F)CCC(C)(CCC)C2)C(N)N)[C@@H]1N1CCC(C(=O)N2CCN(C)[C@@H](C)C2)CC1. The molecule has 0 radical (unpaired) electrons. The summed E-state index contributed by atoms with van der Waals surface area (Å²) in [6.07, 6.45) is 4.72. The van der Waals surface area contributed by atoms with Gasteiger partial charge in [0, 0.05) is 50.4 Å². The lowest BCUT2D eigenvalue weighted by molar-refractivity contribution is -0.140. The number of carbonyl (C=O) groups is 2. The molecule has 0 bridgehead atoms. The fourth-order valence-corrected chi connectivity index (χ4v) is 8.60. The number of amides is 2. The molecule has 0 aromatic rings. The van der Waals surface area contributed by atoms with Crippen molar-refractivity contribution < 1.29 is 18.4 Å². The van der Waals surface area contributed by atoms with E-state index in [1.54, 1.807) is 0 Å². The summed E-state index contributed by atoms with van der Waals surface area (Å²) in [6, 6.07) is -0.765. The van der Waals surface area contributed by atoms with E-state index in [4.69, 9.17) is 11.5 Å². The maximum Gasteiger partial charge on any atom is 0.232 e. The normalized spacial score (nSPS) is 35.5. The molecule has 270 valence electrons. The third kappa shape index (κ3) is 9.50. The van der Waals surface area contributed by atoms with Crippen LogP contribution in [-0.2, 0) is 9.59 Å². The van der Waals surface area contributed by atoms with Crippen LogP contribution in [0.1, 0.15) is 91.9 Å². The molecule has 4 aliphatic rings. The van der Waals surface area contributed by atoms with Gasteiger partial charge in [0.2, 0.25) is 11.8 Å². The highest BCUT2D eigenvalue weighted by Crippen LogP contribution is 2.38. The van der Waals surface area contributed by atoms with Gasteiger partial charge in [-0.25, -0.2) is 8.78 Å². The third-order valence-electron chi connectivity index (χ3n) is 11.6. The summed E-state index contributed by atoms with van der Waals surface area (Å²) < 4.78 is 31.9. The van der Waals surface area contributed by atoms with Gasteiger partial charge >= 0.3 is 0 Å². The van der Waals surface area contributed by atoms with Gasteiger partial charge in [-0.05, 0) is 77.4 Å². The van der Waals surface area contributed by atoms with Crippen molar-refractivity contribution >= 4 is 17.5 Å². The van der Waals surface area contributed by atoms with Gasteiger partial charge in [-0.15, -0.1) is 0 Å². The van der Waals surface area contributed by atoms with E-state index in [0.29, 0.717) is 69.9 Å². The number of aliphatic imine (C=N–C) groups is 1. The second-order valence-corrected chi connectivity index (χ2v) is 15.5. The van der Waals surface area contributed by atoms with Crippen molar-refractivity contribution in [2.24, 2.45) is 33.7 Å². The number of halogens is 2. The van der Waals surface area contributed by atoms with Gasteiger partial charge in [0.15, 0.2) is 0 Å². The molecular weight excluding hydrogens is 602 g/mol. The number of nitrogens with two attached hydrogens (primary N) is 2. The molecule has 3 saturated heterocycles. The first-order chi connectivity index (χ1) is 22.3. The van der Waals surface area contributed by atoms with Crippen LogP contribution in [0.5, 0.6) is 0 Å². The standard InChI is InChI=1S/C35H64F2N8O2/c1-6-8-13-35(37)23-40-21-28(30(35)44-15-10-25(11-16-44)33(47)45-18-17-43(5)24(3)22-45)42-32(46)29(31(38)39)27-19-34(4,12-7-2)14-9-26(36)20-41-27/h24-26,28-31,40H,6-23,38-39H2,1-5H3,(H,42,46)/b41-27+/t24-,26?,28?,29?,30-,34?,35?/m0/s1. The van der Waals surface area contributed by atoms with Crippen LogP contribution in [0.3, 0.4) is 0 Å². The summed E-state index contributed by atoms with van der Waals surface area (Å²) in [4.78, 5) is 38.7. The van der Waals surface area contributed by atoms with Gasteiger partial charge < -0.3 is 31.9 Å². The number of hydrogen-bond donors (Lipinski definition) is 4. The summed E-state index contributed by atoms with van der Waals surface area (Å²) >= 11 is 0. The maximum atomic E-state index is 17.1. The molecule has 4 heterocycles. The Hall–Kier alpha value is -1.73. The summed E-state index contributed by atoms with van der Waals surface area (Å²) in [5, 5.41) is 6.44. The Balaban J connectivity index is 1.52. The molecule has 12 heteroatoms. The number of piperidine rings is 2. The molecule has 0 aliphatic carbocycles. The van der Waals surface area contributed by atoms with Crippen LogP contribution in [0.4, 0.5) is 8.78 Å². The first kappa shape index (κ1) is 38.1. The number of likely N-dealkylation sites (tertiary alicyclic amines) is 1. The van der Waals surface area contributed by atoms with E-state index in [1.165, 1.54) is 0 Å². The Labute approximate surface area is 282 Å². The van der Waals surface area contributed by atoms with Crippen LogP contribution in [0.25, 0.3) is 0 Å². The molecule has 0 spiro atoms. The average Bonchev–Trinajstić information content (AvgIpc) is 3.02. The first-order valence-corrected chi connectivity index (χ1v) is 18.4. The van der Waals surface area contributed by atoms with Gasteiger partial charge in [0.25, 0.3) is 0 Å². The topological polar surface area (TPSA) is 132 Å². The van der Waals surface area contributed by atoms with E-state index in [0.717, 1.165) is 45.3 Å². The number of unbranched alkanes of at least 4 members (excludes halogenated alkanes) is 1. The molecule has 10 nitrogen and oxygen atoms in total. The Morgan fingerprint density at radius 1 is 1.11 bits per heavy atom. The maximum absolute atomic E-state index is 17.1. The minimum atomic E-state index is -1.56. The lowest BCUT2D eigenvalue weighted by atomic mass is 9.73. The Morgan fingerprint density at radius 3 is 2.47 bits per heavy atom. The predicted octanol–water partition coefficient (Wildman–Crippen LogP) is 2.85. The molecule has 4 rings (SSSR count). The van der Waals surface area contributed by atoms with E-state index < -0.39 is 36.0 Å². The molecule has 0 aromatic heterocycles. The molecule has 7 atom stereocenters. The number of rotatable bonds is 11. The van der Waals surface area contributed by atoms with Gasteiger partial charge in [0.1, 0.15) is 17.8 Å². The number of carbonyl (C=O) groups excluding carboxylic acids is 2. The summed E-state index contributed by atoms with van der Waals surface area (Å²) in [5.41, 5.74) is 11.3. The molecule has 2 amide bonds. The average molecular weight is 667 g/mol. The zero-order valence-electron chi connectivity index (χ0n) is 29.8. The minimum absolute atomic E-state index is 0.00698. The van der Waals surface area contributed by atoms with Crippen LogP contribution in [-0.4, -0.2) is 128 Å². The number of alkyl halides is 2. The smallest absolute Gasteiger partial charge is 0.232 e. The summed E-state index contributed by atoms with van der Waals surface area (Å²) in [5.74, 6) is -1.17. The quantitative estimate of drug-likeness (QED) is 0.250. The van der Waals surface area contributed by atoms with E-state index in [9.17, 15) is 14.0 Å². The van der Waals surface area contributed by atoms with Crippen molar-refractivity contribution in [1.29, 1.82) is 0 Å². The van der Waals surface area contributed by atoms with Gasteiger partial charge in [-0.2, -0.15) is 0 Å². The van der Waals surface area contributed by atoms with Crippen LogP contribution in [0.15, 0.2) is 4.99 Å². The Morgan fingerprint density at radius 2 is 1.83 bits per heavy atom. The number of hydrogen-bond acceptors (Lipinski definition) is 8. The van der Waals surface area contributed by atoms with Crippen LogP contribution < -0.4 is 22.1 Å². The monoisotopic (exact) mass is 667 g/mol. The van der Waals surface area contributed by atoms with E-state index >= 15 is 4.39 Å². The highest BCUT2D eigenvalue weighted by molar-refractivity contribution is 6.05. The van der Waals surface area contributed by atoms with E-state index in [-0.39, 0.29) is 36.2 Å². The molecule has 3 fully saturated rings.